The van der Waals surface area contributed by atoms with E-state index in [9.17, 15) is 4.79 Å². The lowest BCUT2D eigenvalue weighted by molar-refractivity contribution is -0.124. The Labute approximate surface area is 184 Å². The van der Waals surface area contributed by atoms with Crippen LogP contribution in [0.15, 0.2) is 60.7 Å². The molecule has 2 heterocycles. The molecule has 5 nitrogen and oxygen atoms in total. The number of amides is 1. The zero-order chi connectivity index (χ0) is 21.8. The lowest BCUT2D eigenvalue weighted by atomic mass is 10.1. The molecule has 1 atom stereocenters. The standard InChI is InChI=1S/C26H30N4O/c1-19-9-11-22(12-10-19)17-30-21(3)25(20(2)28-30)13-14-26(31)29-16-15-24(18-29)27-23-7-5-4-6-8-23/h4-14,24,27H,15-18H2,1-3H3/b14-13+. The summed E-state index contributed by atoms with van der Waals surface area (Å²) < 4.78 is 2.01. The average molecular weight is 415 g/mol. The number of likely N-dealkylation sites (tertiary alicyclic amines) is 1. The normalized spacial score (nSPS) is 16.2. The molecule has 1 N–H and O–H groups in total. The molecule has 31 heavy (non-hydrogen) atoms. The van der Waals surface area contributed by atoms with E-state index < -0.39 is 0 Å². The zero-order valence-electron chi connectivity index (χ0n) is 18.5. The molecule has 2 aromatic carbocycles. The molecule has 160 valence electrons. The van der Waals surface area contributed by atoms with Gasteiger partial charge in [-0.15, -0.1) is 0 Å². The Morgan fingerprint density at radius 2 is 1.84 bits per heavy atom. The fourth-order valence-corrected chi connectivity index (χ4v) is 4.08. The highest BCUT2D eigenvalue weighted by atomic mass is 16.2. The molecule has 1 amide bonds. The van der Waals surface area contributed by atoms with Crippen LogP contribution in [0.5, 0.6) is 0 Å². The summed E-state index contributed by atoms with van der Waals surface area (Å²) in [7, 11) is 0. The van der Waals surface area contributed by atoms with E-state index in [0.717, 1.165) is 48.7 Å². The van der Waals surface area contributed by atoms with Crippen LogP contribution >= 0.6 is 0 Å². The van der Waals surface area contributed by atoms with E-state index >= 15 is 0 Å². The minimum atomic E-state index is 0.0578. The van der Waals surface area contributed by atoms with Crippen LogP contribution in [0, 0.1) is 20.8 Å². The maximum Gasteiger partial charge on any atom is 0.246 e. The summed E-state index contributed by atoms with van der Waals surface area (Å²) in [5.74, 6) is 0.0578. The number of nitrogens with one attached hydrogen (secondary N) is 1. The molecule has 5 heteroatoms. The first-order valence-corrected chi connectivity index (χ1v) is 10.9. The summed E-state index contributed by atoms with van der Waals surface area (Å²) in [5.41, 5.74) is 6.62. The van der Waals surface area contributed by atoms with Gasteiger partial charge in [0, 0.05) is 42.2 Å². The molecule has 0 radical (unpaired) electrons. The van der Waals surface area contributed by atoms with Crippen molar-refractivity contribution in [2.75, 3.05) is 18.4 Å². The van der Waals surface area contributed by atoms with Crippen molar-refractivity contribution in [3.05, 3.63) is 88.8 Å². The van der Waals surface area contributed by atoms with E-state index in [1.807, 2.05) is 40.8 Å². The van der Waals surface area contributed by atoms with E-state index in [0.29, 0.717) is 6.04 Å². The molecule has 0 bridgehead atoms. The minimum absolute atomic E-state index is 0.0578. The second-order valence-electron chi connectivity index (χ2n) is 8.34. The lowest BCUT2D eigenvalue weighted by Crippen LogP contribution is -2.30. The summed E-state index contributed by atoms with van der Waals surface area (Å²) in [6, 6.07) is 19.0. The molecular formula is C26H30N4O. The molecule has 1 aliphatic rings. The van der Waals surface area contributed by atoms with Crippen molar-refractivity contribution >= 4 is 17.7 Å². The Morgan fingerprint density at radius 1 is 1.10 bits per heavy atom. The van der Waals surface area contributed by atoms with Gasteiger partial charge in [-0.3, -0.25) is 9.48 Å². The largest absolute Gasteiger partial charge is 0.380 e. The predicted molar refractivity (Wildman–Crippen MR) is 126 cm³/mol. The highest BCUT2D eigenvalue weighted by Crippen LogP contribution is 2.19. The molecule has 1 fully saturated rings. The smallest absolute Gasteiger partial charge is 0.246 e. The maximum absolute atomic E-state index is 12.8. The first-order chi connectivity index (χ1) is 15.0. The number of para-hydroxylation sites is 1. The van der Waals surface area contributed by atoms with Gasteiger partial charge in [-0.1, -0.05) is 48.0 Å². The van der Waals surface area contributed by atoms with Gasteiger partial charge in [0.15, 0.2) is 0 Å². The molecule has 1 saturated heterocycles. The molecule has 1 aliphatic heterocycles. The quantitative estimate of drug-likeness (QED) is 0.601. The van der Waals surface area contributed by atoms with Crippen LogP contribution in [0.25, 0.3) is 6.08 Å². The van der Waals surface area contributed by atoms with Crippen LogP contribution < -0.4 is 5.32 Å². The van der Waals surface area contributed by atoms with Crippen LogP contribution in [-0.2, 0) is 11.3 Å². The number of anilines is 1. The number of nitrogens with zero attached hydrogens (tertiary/aromatic N) is 3. The van der Waals surface area contributed by atoms with Gasteiger partial charge >= 0.3 is 0 Å². The first kappa shape index (κ1) is 20.9. The Balaban J connectivity index is 1.38. The van der Waals surface area contributed by atoms with Crippen LogP contribution in [0.3, 0.4) is 0 Å². The van der Waals surface area contributed by atoms with Crippen LogP contribution in [0.2, 0.25) is 0 Å². The molecule has 0 saturated carbocycles. The molecule has 0 spiro atoms. The summed E-state index contributed by atoms with van der Waals surface area (Å²) in [4.78, 5) is 14.7. The number of rotatable bonds is 6. The van der Waals surface area contributed by atoms with Crippen LogP contribution in [0.4, 0.5) is 5.69 Å². The molecule has 1 aromatic heterocycles. The molecule has 3 aromatic rings. The van der Waals surface area contributed by atoms with E-state index in [1.165, 1.54) is 11.1 Å². The number of carbonyl (C=O) groups excluding carboxylic acids is 1. The van der Waals surface area contributed by atoms with Gasteiger partial charge < -0.3 is 10.2 Å². The lowest BCUT2D eigenvalue weighted by Gasteiger charge is -2.16. The average Bonchev–Trinajstić information content (AvgIpc) is 3.33. The summed E-state index contributed by atoms with van der Waals surface area (Å²) in [6.07, 6.45) is 4.57. The third-order valence-corrected chi connectivity index (χ3v) is 5.93. The Morgan fingerprint density at radius 3 is 2.58 bits per heavy atom. The summed E-state index contributed by atoms with van der Waals surface area (Å²) in [6.45, 7) is 8.38. The second-order valence-corrected chi connectivity index (χ2v) is 8.34. The number of benzene rings is 2. The second kappa shape index (κ2) is 9.21. The fourth-order valence-electron chi connectivity index (χ4n) is 4.08. The number of carbonyl (C=O) groups is 1. The number of aromatic nitrogens is 2. The Bertz CT molecular complexity index is 1070. The third-order valence-electron chi connectivity index (χ3n) is 5.93. The van der Waals surface area contributed by atoms with Crippen molar-refractivity contribution in [2.24, 2.45) is 0 Å². The topological polar surface area (TPSA) is 50.2 Å². The van der Waals surface area contributed by atoms with Crippen molar-refractivity contribution < 1.29 is 4.79 Å². The summed E-state index contributed by atoms with van der Waals surface area (Å²) >= 11 is 0. The Hall–Kier alpha value is -3.34. The molecule has 1 unspecified atom stereocenters. The van der Waals surface area contributed by atoms with Crippen LogP contribution in [-0.4, -0.2) is 39.7 Å². The number of aryl methyl sites for hydroxylation is 2. The third kappa shape index (κ3) is 5.05. The molecule has 0 aliphatic carbocycles. The monoisotopic (exact) mass is 414 g/mol. The molecule has 4 rings (SSSR count). The van der Waals surface area contributed by atoms with Gasteiger partial charge in [0.05, 0.1) is 12.2 Å². The maximum atomic E-state index is 12.8. The van der Waals surface area contributed by atoms with E-state index in [1.54, 1.807) is 6.08 Å². The highest BCUT2D eigenvalue weighted by Gasteiger charge is 2.25. The van der Waals surface area contributed by atoms with Gasteiger partial charge in [-0.25, -0.2) is 0 Å². The predicted octanol–water partition coefficient (Wildman–Crippen LogP) is 4.58. The van der Waals surface area contributed by atoms with E-state index in [-0.39, 0.29) is 5.91 Å². The van der Waals surface area contributed by atoms with Gasteiger partial charge in [0.1, 0.15) is 0 Å². The molecular weight excluding hydrogens is 384 g/mol. The van der Waals surface area contributed by atoms with Gasteiger partial charge in [0.2, 0.25) is 5.91 Å². The van der Waals surface area contributed by atoms with Crippen molar-refractivity contribution in [3.8, 4) is 0 Å². The fraction of sp³-hybridized carbons (Fsp3) is 0.308. The minimum Gasteiger partial charge on any atom is -0.380 e. The Kier molecular flexibility index (Phi) is 6.21. The zero-order valence-corrected chi connectivity index (χ0v) is 18.5. The van der Waals surface area contributed by atoms with Crippen molar-refractivity contribution in [1.82, 2.24) is 14.7 Å². The highest BCUT2D eigenvalue weighted by molar-refractivity contribution is 5.92. The van der Waals surface area contributed by atoms with E-state index in [4.69, 9.17) is 5.10 Å². The van der Waals surface area contributed by atoms with E-state index in [2.05, 4.69) is 55.6 Å². The van der Waals surface area contributed by atoms with Crippen molar-refractivity contribution in [3.63, 3.8) is 0 Å². The van der Waals surface area contributed by atoms with Crippen molar-refractivity contribution in [2.45, 2.75) is 39.8 Å². The van der Waals surface area contributed by atoms with Gasteiger partial charge in [-0.2, -0.15) is 5.10 Å². The van der Waals surface area contributed by atoms with Gasteiger partial charge in [0.25, 0.3) is 0 Å². The van der Waals surface area contributed by atoms with Crippen molar-refractivity contribution in [1.29, 1.82) is 0 Å². The number of hydrogen-bond donors (Lipinski definition) is 1. The van der Waals surface area contributed by atoms with Gasteiger partial charge in [-0.05, 0) is 51.0 Å². The number of hydrogen-bond acceptors (Lipinski definition) is 3. The summed E-state index contributed by atoms with van der Waals surface area (Å²) in [5, 5.41) is 8.21. The first-order valence-electron chi connectivity index (χ1n) is 10.9. The van der Waals surface area contributed by atoms with Crippen LogP contribution in [0.1, 0.15) is 34.5 Å². The SMILES string of the molecule is Cc1ccc(Cn2nc(C)c(/C=C/C(=O)N3CCC(Nc4ccccc4)C3)c2C)cc1.